The van der Waals surface area contributed by atoms with E-state index >= 15 is 0 Å². The van der Waals surface area contributed by atoms with Gasteiger partial charge in [-0.1, -0.05) is 19.3 Å². The zero-order chi connectivity index (χ0) is 10.0. The molecule has 1 aliphatic carbocycles. The first-order chi connectivity index (χ1) is 6.74. The fourth-order valence-corrected chi connectivity index (χ4v) is 2.61. The Labute approximate surface area is 85.9 Å². The lowest BCUT2D eigenvalue weighted by Gasteiger charge is -2.35. The van der Waals surface area contributed by atoms with Crippen molar-refractivity contribution in [2.75, 3.05) is 13.2 Å². The molecule has 2 aliphatic rings. The maximum Gasteiger partial charge on any atom is 0.168 e. The highest BCUT2D eigenvalue weighted by Gasteiger charge is 2.43. The maximum atomic E-state index is 5.89. The third-order valence-electron chi connectivity index (χ3n) is 3.57. The van der Waals surface area contributed by atoms with Crippen LogP contribution in [-0.4, -0.2) is 25.0 Å². The molecule has 82 valence electrons. The van der Waals surface area contributed by atoms with Crippen molar-refractivity contribution < 1.29 is 9.47 Å². The van der Waals surface area contributed by atoms with Crippen LogP contribution in [0.25, 0.3) is 0 Å². The second kappa shape index (κ2) is 4.17. The van der Waals surface area contributed by atoms with E-state index in [2.05, 4.69) is 6.92 Å². The summed E-state index contributed by atoms with van der Waals surface area (Å²) in [7, 11) is 0. The minimum Gasteiger partial charge on any atom is -0.347 e. The molecule has 2 rings (SSSR count). The summed E-state index contributed by atoms with van der Waals surface area (Å²) in [5, 5.41) is 0. The summed E-state index contributed by atoms with van der Waals surface area (Å²) in [6, 6.07) is 0. The Morgan fingerprint density at radius 2 is 2.00 bits per heavy atom. The molecule has 0 radical (unpaired) electrons. The van der Waals surface area contributed by atoms with Crippen LogP contribution < -0.4 is 5.73 Å². The number of hydrogen-bond acceptors (Lipinski definition) is 3. The third kappa shape index (κ3) is 1.95. The van der Waals surface area contributed by atoms with Gasteiger partial charge in [-0.2, -0.15) is 0 Å². The van der Waals surface area contributed by atoms with Gasteiger partial charge in [-0.15, -0.1) is 0 Å². The molecule has 3 nitrogen and oxygen atoms in total. The Balaban J connectivity index is 1.94. The minimum atomic E-state index is -0.343. The van der Waals surface area contributed by atoms with E-state index in [1.807, 2.05) is 0 Å². The van der Waals surface area contributed by atoms with Crippen LogP contribution in [0.4, 0.5) is 0 Å². The molecule has 2 N–H and O–H groups in total. The summed E-state index contributed by atoms with van der Waals surface area (Å²) in [5.74, 6) is 0.234. The van der Waals surface area contributed by atoms with Crippen molar-refractivity contribution >= 4 is 0 Å². The summed E-state index contributed by atoms with van der Waals surface area (Å²) in [4.78, 5) is 0. The second-order valence-electron chi connectivity index (χ2n) is 4.64. The van der Waals surface area contributed by atoms with Crippen LogP contribution >= 0.6 is 0 Å². The number of rotatable bonds is 2. The largest absolute Gasteiger partial charge is 0.347 e. The minimum absolute atomic E-state index is 0.113. The van der Waals surface area contributed by atoms with Gasteiger partial charge >= 0.3 is 0 Å². The highest BCUT2D eigenvalue weighted by Crippen LogP contribution is 2.39. The first-order valence-electron chi connectivity index (χ1n) is 5.76. The average Bonchev–Trinajstić information content (AvgIpc) is 2.63. The standard InChI is InChI=1S/C11H21NO2/c1-11(9-5-3-2-4-6-9)13-8-10(7-12)14-11/h9-10H,2-8,12H2,1H3. The number of ether oxygens (including phenoxy) is 2. The van der Waals surface area contributed by atoms with Gasteiger partial charge in [0.2, 0.25) is 0 Å². The molecule has 3 heteroatoms. The van der Waals surface area contributed by atoms with E-state index in [1.165, 1.54) is 32.1 Å². The van der Waals surface area contributed by atoms with E-state index in [-0.39, 0.29) is 11.9 Å². The Morgan fingerprint density at radius 3 is 2.57 bits per heavy atom. The lowest BCUT2D eigenvalue weighted by atomic mass is 9.84. The fraction of sp³-hybridized carbons (Fsp3) is 1.00. The Kier molecular flexibility index (Phi) is 3.10. The molecule has 0 amide bonds. The molecule has 2 fully saturated rings. The molecule has 0 spiro atoms. The smallest absolute Gasteiger partial charge is 0.168 e. The lowest BCUT2D eigenvalue weighted by molar-refractivity contribution is -0.196. The molecule has 1 heterocycles. The topological polar surface area (TPSA) is 44.5 Å². The van der Waals surface area contributed by atoms with Crippen LogP contribution in [-0.2, 0) is 9.47 Å². The van der Waals surface area contributed by atoms with E-state index in [0.29, 0.717) is 19.1 Å². The molecule has 0 aromatic rings. The van der Waals surface area contributed by atoms with Gasteiger partial charge in [-0.05, 0) is 19.8 Å². The van der Waals surface area contributed by atoms with Crippen molar-refractivity contribution in [1.29, 1.82) is 0 Å². The van der Waals surface area contributed by atoms with E-state index in [4.69, 9.17) is 15.2 Å². The predicted octanol–water partition coefficient (Wildman–Crippen LogP) is 1.66. The van der Waals surface area contributed by atoms with Crippen molar-refractivity contribution in [1.82, 2.24) is 0 Å². The average molecular weight is 199 g/mol. The lowest BCUT2D eigenvalue weighted by Crippen LogP contribution is -2.38. The van der Waals surface area contributed by atoms with Gasteiger partial charge in [0.1, 0.15) is 0 Å². The van der Waals surface area contributed by atoms with Gasteiger partial charge in [0, 0.05) is 12.5 Å². The van der Waals surface area contributed by atoms with Crippen LogP contribution in [0.2, 0.25) is 0 Å². The SMILES string of the molecule is CC1(C2CCCCC2)OCC(CN)O1. The van der Waals surface area contributed by atoms with Crippen LogP contribution in [0.15, 0.2) is 0 Å². The Bertz CT molecular complexity index is 192. The summed E-state index contributed by atoms with van der Waals surface area (Å²) in [5.41, 5.74) is 5.58. The monoisotopic (exact) mass is 199 g/mol. The van der Waals surface area contributed by atoms with Crippen molar-refractivity contribution in [3.05, 3.63) is 0 Å². The quantitative estimate of drug-likeness (QED) is 0.735. The molecule has 2 unspecified atom stereocenters. The number of hydrogen-bond donors (Lipinski definition) is 1. The van der Waals surface area contributed by atoms with E-state index < -0.39 is 0 Å². The van der Waals surface area contributed by atoms with Crippen LogP contribution in [0, 0.1) is 5.92 Å². The van der Waals surface area contributed by atoms with Crippen molar-refractivity contribution in [3.8, 4) is 0 Å². The summed E-state index contributed by atoms with van der Waals surface area (Å²) in [6.45, 7) is 3.32. The zero-order valence-electron chi connectivity index (χ0n) is 9.00. The molecule has 2 atom stereocenters. The van der Waals surface area contributed by atoms with Gasteiger partial charge in [0.15, 0.2) is 5.79 Å². The first kappa shape index (κ1) is 10.4. The van der Waals surface area contributed by atoms with Gasteiger partial charge < -0.3 is 15.2 Å². The molecule has 0 bridgehead atoms. The van der Waals surface area contributed by atoms with Gasteiger partial charge in [-0.25, -0.2) is 0 Å². The van der Waals surface area contributed by atoms with Crippen LogP contribution in [0.1, 0.15) is 39.0 Å². The van der Waals surface area contributed by atoms with Gasteiger partial charge in [0.25, 0.3) is 0 Å². The van der Waals surface area contributed by atoms with E-state index in [1.54, 1.807) is 0 Å². The van der Waals surface area contributed by atoms with E-state index in [0.717, 1.165) is 0 Å². The highest BCUT2D eigenvalue weighted by molar-refractivity contribution is 4.84. The van der Waals surface area contributed by atoms with E-state index in [9.17, 15) is 0 Å². The van der Waals surface area contributed by atoms with Crippen molar-refractivity contribution in [2.45, 2.75) is 50.9 Å². The summed E-state index contributed by atoms with van der Waals surface area (Å²) in [6.07, 6.45) is 6.61. The number of nitrogens with two attached hydrogens (primary N) is 1. The molecule has 14 heavy (non-hydrogen) atoms. The molecular formula is C11H21NO2. The second-order valence-corrected chi connectivity index (χ2v) is 4.64. The van der Waals surface area contributed by atoms with Crippen LogP contribution in [0.3, 0.4) is 0 Å². The van der Waals surface area contributed by atoms with Gasteiger partial charge in [-0.3, -0.25) is 0 Å². The van der Waals surface area contributed by atoms with Crippen molar-refractivity contribution in [2.24, 2.45) is 11.7 Å². The normalized spacial score (nSPS) is 40.3. The zero-order valence-corrected chi connectivity index (χ0v) is 9.00. The first-order valence-corrected chi connectivity index (χ1v) is 5.76. The highest BCUT2D eigenvalue weighted by atomic mass is 16.7. The molecule has 1 saturated carbocycles. The Hall–Kier alpha value is -0.120. The van der Waals surface area contributed by atoms with Gasteiger partial charge in [0.05, 0.1) is 12.7 Å². The fourth-order valence-electron chi connectivity index (χ4n) is 2.61. The van der Waals surface area contributed by atoms with Crippen molar-refractivity contribution in [3.63, 3.8) is 0 Å². The summed E-state index contributed by atoms with van der Waals surface area (Å²) < 4.78 is 11.7. The molecular weight excluding hydrogens is 178 g/mol. The van der Waals surface area contributed by atoms with Crippen LogP contribution in [0.5, 0.6) is 0 Å². The third-order valence-corrected chi connectivity index (χ3v) is 3.57. The molecule has 0 aromatic carbocycles. The Morgan fingerprint density at radius 1 is 1.29 bits per heavy atom. The maximum absolute atomic E-state index is 5.89. The predicted molar refractivity (Wildman–Crippen MR) is 54.9 cm³/mol. The molecule has 1 saturated heterocycles. The molecule has 1 aliphatic heterocycles. The molecule has 0 aromatic heterocycles. The summed E-state index contributed by atoms with van der Waals surface area (Å²) >= 11 is 0.